The molecule has 1 aliphatic rings. The molecule has 0 bridgehead atoms. The Hall–Kier alpha value is -1.20. The minimum Gasteiger partial charge on any atom is -0.388 e. The normalized spacial score (nSPS) is 22.9. The standard InChI is InChI=1S/C8H12N4O/c1-12-8(5-10-11-12)6-2-7(13)4-9-3-6/h2,5,7,9,13H,3-4H2,1H3. The number of β-amino-alcohol motifs (C(OH)–C–C–N with tert-alkyl or cyclic N) is 1. The molecule has 13 heavy (non-hydrogen) atoms. The maximum absolute atomic E-state index is 9.38. The molecule has 5 nitrogen and oxygen atoms in total. The van der Waals surface area contributed by atoms with Gasteiger partial charge < -0.3 is 10.4 Å². The molecule has 0 spiro atoms. The second-order valence-electron chi connectivity index (χ2n) is 3.13. The molecular weight excluding hydrogens is 168 g/mol. The molecule has 1 unspecified atom stereocenters. The number of aliphatic hydroxyl groups is 1. The van der Waals surface area contributed by atoms with Crippen LogP contribution in [-0.4, -0.2) is 39.3 Å². The number of nitrogens with zero attached hydrogens (tertiary/aromatic N) is 3. The number of aryl methyl sites for hydroxylation is 1. The Morgan fingerprint density at radius 2 is 2.54 bits per heavy atom. The molecular formula is C8H12N4O. The maximum Gasteiger partial charge on any atom is 0.0852 e. The van der Waals surface area contributed by atoms with Gasteiger partial charge in [-0.2, -0.15) is 0 Å². The fourth-order valence-corrected chi connectivity index (χ4v) is 1.46. The van der Waals surface area contributed by atoms with Gasteiger partial charge in [-0.3, -0.25) is 0 Å². The summed E-state index contributed by atoms with van der Waals surface area (Å²) < 4.78 is 1.70. The fraction of sp³-hybridized carbons (Fsp3) is 0.500. The zero-order valence-corrected chi connectivity index (χ0v) is 7.44. The van der Waals surface area contributed by atoms with Crippen molar-refractivity contribution in [2.75, 3.05) is 13.1 Å². The van der Waals surface area contributed by atoms with E-state index < -0.39 is 6.10 Å². The van der Waals surface area contributed by atoms with Crippen molar-refractivity contribution in [2.24, 2.45) is 7.05 Å². The van der Waals surface area contributed by atoms with Crippen LogP contribution in [0.15, 0.2) is 12.3 Å². The highest BCUT2D eigenvalue weighted by atomic mass is 16.3. The van der Waals surface area contributed by atoms with Gasteiger partial charge >= 0.3 is 0 Å². The minimum absolute atomic E-state index is 0.404. The predicted octanol–water partition coefficient (Wildman–Crippen LogP) is -0.837. The molecule has 0 aliphatic carbocycles. The number of rotatable bonds is 1. The molecule has 2 N–H and O–H groups in total. The number of aliphatic hydroxyl groups excluding tert-OH is 1. The summed E-state index contributed by atoms with van der Waals surface area (Å²) in [5.41, 5.74) is 2.00. The highest BCUT2D eigenvalue weighted by molar-refractivity contribution is 5.64. The Balaban J connectivity index is 2.30. The molecule has 1 aromatic heterocycles. The molecule has 2 heterocycles. The van der Waals surface area contributed by atoms with Crippen molar-refractivity contribution >= 4 is 5.57 Å². The summed E-state index contributed by atoms with van der Waals surface area (Å²) in [4.78, 5) is 0. The summed E-state index contributed by atoms with van der Waals surface area (Å²) in [7, 11) is 1.84. The second-order valence-corrected chi connectivity index (χ2v) is 3.13. The van der Waals surface area contributed by atoms with E-state index in [9.17, 15) is 5.11 Å². The summed E-state index contributed by atoms with van der Waals surface area (Å²) in [5, 5.41) is 20.1. The van der Waals surface area contributed by atoms with E-state index in [1.165, 1.54) is 0 Å². The fourth-order valence-electron chi connectivity index (χ4n) is 1.46. The summed E-state index contributed by atoms with van der Waals surface area (Å²) in [6.45, 7) is 1.38. The molecule has 0 aromatic carbocycles. The van der Waals surface area contributed by atoms with Crippen LogP contribution in [0.4, 0.5) is 0 Å². The van der Waals surface area contributed by atoms with Crippen LogP contribution >= 0.6 is 0 Å². The third-order valence-electron chi connectivity index (χ3n) is 2.11. The Kier molecular flexibility index (Phi) is 2.12. The lowest BCUT2D eigenvalue weighted by molar-refractivity contribution is 0.217. The van der Waals surface area contributed by atoms with Crippen LogP contribution in [0.25, 0.3) is 5.57 Å². The Labute approximate surface area is 76.1 Å². The van der Waals surface area contributed by atoms with Crippen molar-refractivity contribution in [1.82, 2.24) is 20.3 Å². The van der Waals surface area contributed by atoms with Gasteiger partial charge in [0.2, 0.25) is 0 Å². The summed E-state index contributed by atoms with van der Waals surface area (Å²) in [6.07, 6.45) is 3.14. The quantitative estimate of drug-likeness (QED) is 0.591. The van der Waals surface area contributed by atoms with Crippen molar-refractivity contribution in [2.45, 2.75) is 6.10 Å². The van der Waals surface area contributed by atoms with Crippen LogP contribution in [-0.2, 0) is 7.05 Å². The highest BCUT2D eigenvalue weighted by Gasteiger charge is 2.13. The van der Waals surface area contributed by atoms with E-state index in [2.05, 4.69) is 15.6 Å². The summed E-state index contributed by atoms with van der Waals surface area (Å²) in [6, 6.07) is 0. The van der Waals surface area contributed by atoms with E-state index in [0.29, 0.717) is 6.54 Å². The van der Waals surface area contributed by atoms with Crippen LogP contribution in [0.3, 0.4) is 0 Å². The van der Waals surface area contributed by atoms with Crippen LogP contribution in [0.1, 0.15) is 5.69 Å². The monoisotopic (exact) mass is 180 g/mol. The van der Waals surface area contributed by atoms with E-state index in [1.807, 2.05) is 13.1 Å². The van der Waals surface area contributed by atoms with Gasteiger partial charge in [0.25, 0.3) is 0 Å². The van der Waals surface area contributed by atoms with E-state index in [4.69, 9.17) is 0 Å². The Bertz CT molecular complexity index is 331. The van der Waals surface area contributed by atoms with Crippen molar-refractivity contribution in [3.63, 3.8) is 0 Å². The smallest absolute Gasteiger partial charge is 0.0852 e. The molecule has 0 fully saturated rings. The molecule has 1 aliphatic heterocycles. The van der Waals surface area contributed by atoms with Crippen molar-refractivity contribution in [3.8, 4) is 0 Å². The first-order chi connectivity index (χ1) is 6.27. The molecule has 0 amide bonds. The van der Waals surface area contributed by atoms with Gasteiger partial charge in [0.15, 0.2) is 0 Å². The second kappa shape index (κ2) is 3.27. The van der Waals surface area contributed by atoms with Gasteiger partial charge in [-0.25, -0.2) is 4.68 Å². The lowest BCUT2D eigenvalue weighted by Gasteiger charge is -2.17. The van der Waals surface area contributed by atoms with E-state index in [1.54, 1.807) is 10.9 Å². The summed E-state index contributed by atoms with van der Waals surface area (Å²) >= 11 is 0. The average Bonchev–Trinajstić information content (AvgIpc) is 2.51. The van der Waals surface area contributed by atoms with E-state index in [-0.39, 0.29) is 0 Å². The third kappa shape index (κ3) is 1.61. The molecule has 70 valence electrons. The molecule has 0 radical (unpaired) electrons. The molecule has 5 heteroatoms. The average molecular weight is 180 g/mol. The Morgan fingerprint density at radius 3 is 3.15 bits per heavy atom. The lowest BCUT2D eigenvalue weighted by Crippen LogP contribution is -2.32. The molecule has 0 saturated heterocycles. The number of hydrogen-bond donors (Lipinski definition) is 2. The van der Waals surface area contributed by atoms with Gasteiger partial charge in [-0.05, 0) is 11.6 Å². The van der Waals surface area contributed by atoms with Crippen molar-refractivity contribution < 1.29 is 5.11 Å². The lowest BCUT2D eigenvalue weighted by atomic mass is 10.1. The van der Waals surface area contributed by atoms with Gasteiger partial charge in [0.05, 0.1) is 18.0 Å². The van der Waals surface area contributed by atoms with E-state index >= 15 is 0 Å². The molecule has 2 rings (SSSR count). The van der Waals surface area contributed by atoms with Gasteiger partial charge in [-0.15, -0.1) is 5.10 Å². The molecule has 0 saturated carbocycles. The van der Waals surface area contributed by atoms with Gasteiger partial charge in [-0.1, -0.05) is 5.21 Å². The maximum atomic E-state index is 9.38. The number of aromatic nitrogens is 3. The number of hydrogen-bond acceptors (Lipinski definition) is 4. The first-order valence-corrected chi connectivity index (χ1v) is 4.22. The van der Waals surface area contributed by atoms with Crippen molar-refractivity contribution in [1.29, 1.82) is 0 Å². The minimum atomic E-state index is -0.404. The molecule has 1 aromatic rings. The topological polar surface area (TPSA) is 63.0 Å². The van der Waals surface area contributed by atoms with Crippen LogP contribution in [0, 0.1) is 0 Å². The largest absolute Gasteiger partial charge is 0.388 e. The zero-order chi connectivity index (χ0) is 9.26. The zero-order valence-electron chi connectivity index (χ0n) is 7.44. The first-order valence-electron chi connectivity index (χ1n) is 4.22. The first kappa shape index (κ1) is 8.40. The number of nitrogens with one attached hydrogen (secondary N) is 1. The van der Waals surface area contributed by atoms with E-state index in [0.717, 1.165) is 17.8 Å². The summed E-state index contributed by atoms with van der Waals surface area (Å²) in [5.74, 6) is 0. The van der Waals surface area contributed by atoms with Crippen molar-refractivity contribution in [3.05, 3.63) is 18.0 Å². The molecule has 1 atom stereocenters. The van der Waals surface area contributed by atoms with Gasteiger partial charge in [0.1, 0.15) is 0 Å². The van der Waals surface area contributed by atoms with Crippen LogP contribution < -0.4 is 5.32 Å². The Morgan fingerprint density at radius 1 is 1.69 bits per heavy atom. The highest BCUT2D eigenvalue weighted by Crippen LogP contribution is 2.14. The SMILES string of the molecule is Cn1nncc1C1=CC(O)CNC1. The van der Waals surface area contributed by atoms with Gasteiger partial charge in [0, 0.05) is 20.1 Å². The third-order valence-corrected chi connectivity index (χ3v) is 2.11. The predicted molar refractivity (Wildman–Crippen MR) is 47.9 cm³/mol. The van der Waals surface area contributed by atoms with Crippen LogP contribution in [0.2, 0.25) is 0 Å². The van der Waals surface area contributed by atoms with Crippen LogP contribution in [0.5, 0.6) is 0 Å².